The third-order valence-corrected chi connectivity index (χ3v) is 7.63. The van der Waals surface area contributed by atoms with Gasteiger partial charge in [-0.3, -0.25) is 4.98 Å². The Kier molecular flexibility index (Phi) is 8.76. The standard InChI is InChI=1S/C33H35N3O2S/c1-4-26-25(22-34-21-23-12-14-24(15-13-23)33-11-8-18-39-33)9-7-10-28(26)36-29-16-17-35-30-20-32(38-6-3)31(37-5-2)19-27(29)30/h7-20,34H,4-6,21-22H2,1-3H3,(H,35,36). The first-order chi connectivity index (χ1) is 19.2. The molecule has 0 unspecified atom stereocenters. The summed E-state index contributed by atoms with van der Waals surface area (Å²) in [4.78, 5) is 5.89. The molecular weight excluding hydrogens is 502 g/mol. The second kappa shape index (κ2) is 12.8. The van der Waals surface area contributed by atoms with E-state index in [1.165, 1.54) is 27.1 Å². The van der Waals surface area contributed by atoms with Crippen molar-refractivity contribution in [2.45, 2.75) is 40.3 Å². The van der Waals surface area contributed by atoms with Gasteiger partial charge in [0.25, 0.3) is 0 Å². The molecule has 39 heavy (non-hydrogen) atoms. The molecule has 200 valence electrons. The number of rotatable bonds is 12. The highest BCUT2D eigenvalue weighted by Crippen LogP contribution is 2.36. The van der Waals surface area contributed by atoms with Crippen molar-refractivity contribution in [3.63, 3.8) is 0 Å². The van der Waals surface area contributed by atoms with Crippen molar-refractivity contribution in [3.05, 3.63) is 101 Å². The Morgan fingerprint density at radius 2 is 1.59 bits per heavy atom. The maximum absolute atomic E-state index is 5.88. The predicted octanol–water partition coefficient (Wildman–Crippen LogP) is 8.36. The van der Waals surface area contributed by atoms with E-state index in [1.807, 2.05) is 38.2 Å². The van der Waals surface area contributed by atoms with Crippen LogP contribution in [0, 0.1) is 0 Å². The molecule has 2 aromatic heterocycles. The van der Waals surface area contributed by atoms with E-state index < -0.39 is 0 Å². The minimum atomic E-state index is 0.572. The number of pyridine rings is 1. The maximum Gasteiger partial charge on any atom is 0.163 e. The lowest BCUT2D eigenvalue weighted by Gasteiger charge is -2.18. The van der Waals surface area contributed by atoms with Gasteiger partial charge in [0.1, 0.15) is 0 Å². The highest BCUT2D eigenvalue weighted by Gasteiger charge is 2.13. The second-order valence-electron chi connectivity index (χ2n) is 9.24. The van der Waals surface area contributed by atoms with E-state index in [2.05, 4.69) is 82.5 Å². The molecule has 0 bridgehead atoms. The summed E-state index contributed by atoms with van der Waals surface area (Å²) in [5, 5.41) is 10.5. The summed E-state index contributed by atoms with van der Waals surface area (Å²) in [5.74, 6) is 1.46. The molecule has 0 amide bonds. The normalized spacial score (nSPS) is 11.1. The SMILES string of the molecule is CCOc1cc2nccc(Nc3cccc(CNCc4ccc(-c5cccs5)cc4)c3CC)c2cc1OCC. The third kappa shape index (κ3) is 6.24. The van der Waals surface area contributed by atoms with Crippen LogP contribution in [-0.4, -0.2) is 18.2 Å². The lowest BCUT2D eigenvalue weighted by Crippen LogP contribution is -2.14. The van der Waals surface area contributed by atoms with Gasteiger partial charge in [-0.1, -0.05) is 49.4 Å². The van der Waals surface area contributed by atoms with Crippen LogP contribution in [0.1, 0.15) is 37.5 Å². The molecule has 0 atom stereocenters. The highest BCUT2D eigenvalue weighted by atomic mass is 32.1. The summed E-state index contributed by atoms with van der Waals surface area (Å²) in [5.41, 5.74) is 8.12. The molecule has 2 heterocycles. The van der Waals surface area contributed by atoms with Gasteiger partial charge in [-0.05, 0) is 72.2 Å². The molecule has 0 aliphatic heterocycles. The van der Waals surface area contributed by atoms with Gasteiger partial charge in [-0.25, -0.2) is 0 Å². The summed E-state index contributed by atoms with van der Waals surface area (Å²) in [6, 6.07) is 25.6. The van der Waals surface area contributed by atoms with Crippen LogP contribution in [0.2, 0.25) is 0 Å². The number of ether oxygens (including phenoxy) is 2. The molecule has 2 N–H and O–H groups in total. The van der Waals surface area contributed by atoms with E-state index in [0.29, 0.717) is 13.2 Å². The fourth-order valence-electron chi connectivity index (χ4n) is 4.85. The minimum Gasteiger partial charge on any atom is -0.490 e. The van der Waals surface area contributed by atoms with E-state index >= 15 is 0 Å². The van der Waals surface area contributed by atoms with Crippen LogP contribution in [0.15, 0.2) is 84.4 Å². The van der Waals surface area contributed by atoms with Gasteiger partial charge in [-0.2, -0.15) is 0 Å². The molecule has 0 aliphatic carbocycles. The number of aromatic nitrogens is 1. The summed E-state index contributed by atoms with van der Waals surface area (Å²) in [7, 11) is 0. The van der Waals surface area contributed by atoms with Gasteiger partial charge in [0.2, 0.25) is 0 Å². The summed E-state index contributed by atoms with van der Waals surface area (Å²) in [6.45, 7) is 8.93. The minimum absolute atomic E-state index is 0.572. The van der Waals surface area contributed by atoms with Crippen LogP contribution in [0.4, 0.5) is 11.4 Å². The second-order valence-corrected chi connectivity index (χ2v) is 10.2. The van der Waals surface area contributed by atoms with Crippen LogP contribution >= 0.6 is 11.3 Å². The summed E-state index contributed by atoms with van der Waals surface area (Å²) >= 11 is 1.77. The Morgan fingerprint density at radius 3 is 2.31 bits per heavy atom. The molecule has 0 saturated heterocycles. The van der Waals surface area contributed by atoms with Gasteiger partial charge in [0.15, 0.2) is 11.5 Å². The molecule has 0 aliphatic rings. The van der Waals surface area contributed by atoms with E-state index in [4.69, 9.17) is 9.47 Å². The third-order valence-electron chi connectivity index (χ3n) is 6.71. The number of nitrogens with one attached hydrogen (secondary N) is 2. The van der Waals surface area contributed by atoms with Crippen molar-refractivity contribution < 1.29 is 9.47 Å². The van der Waals surface area contributed by atoms with E-state index in [0.717, 1.165) is 53.3 Å². The lowest BCUT2D eigenvalue weighted by atomic mass is 10.0. The average molecular weight is 538 g/mol. The van der Waals surface area contributed by atoms with Crippen molar-refractivity contribution in [2.75, 3.05) is 18.5 Å². The van der Waals surface area contributed by atoms with Crippen molar-refractivity contribution in [1.82, 2.24) is 10.3 Å². The number of thiophene rings is 1. The molecule has 0 radical (unpaired) electrons. The Labute approximate surface area is 234 Å². The zero-order chi connectivity index (χ0) is 27.0. The summed E-state index contributed by atoms with van der Waals surface area (Å²) < 4.78 is 11.7. The van der Waals surface area contributed by atoms with E-state index in [9.17, 15) is 0 Å². The predicted molar refractivity (Wildman–Crippen MR) is 163 cm³/mol. The first-order valence-electron chi connectivity index (χ1n) is 13.6. The zero-order valence-electron chi connectivity index (χ0n) is 22.8. The smallest absolute Gasteiger partial charge is 0.163 e. The molecule has 0 saturated carbocycles. The van der Waals surface area contributed by atoms with Crippen molar-refractivity contribution in [1.29, 1.82) is 0 Å². The molecule has 5 rings (SSSR count). The zero-order valence-corrected chi connectivity index (χ0v) is 23.6. The summed E-state index contributed by atoms with van der Waals surface area (Å²) in [6.07, 6.45) is 2.76. The largest absolute Gasteiger partial charge is 0.490 e. The molecule has 0 fully saturated rings. The van der Waals surface area contributed by atoms with Crippen LogP contribution in [0.5, 0.6) is 11.5 Å². The van der Waals surface area contributed by atoms with Crippen molar-refractivity contribution >= 4 is 33.6 Å². The van der Waals surface area contributed by atoms with Crippen LogP contribution < -0.4 is 20.1 Å². The van der Waals surface area contributed by atoms with E-state index in [-0.39, 0.29) is 0 Å². The van der Waals surface area contributed by atoms with Gasteiger partial charge in [-0.15, -0.1) is 11.3 Å². The van der Waals surface area contributed by atoms with Gasteiger partial charge < -0.3 is 20.1 Å². The Bertz CT molecular complexity index is 1510. The van der Waals surface area contributed by atoms with Crippen LogP contribution in [-0.2, 0) is 19.5 Å². The van der Waals surface area contributed by atoms with Gasteiger partial charge in [0, 0.05) is 47.0 Å². The molecule has 0 spiro atoms. The Balaban J connectivity index is 1.33. The number of fused-ring (bicyclic) bond motifs is 1. The van der Waals surface area contributed by atoms with Crippen molar-refractivity contribution in [3.8, 4) is 21.9 Å². The number of hydrogen-bond donors (Lipinski definition) is 2. The number of benzene rings is 3. The number of hydrogen-bond acceptors (Lipinski definition) is 6. The highest BCUT2D eigenvalue weighted by molar-refractivity contribution is 7.13. The fourth-order valence-corrected chi connectivity index (χ4v) is 5.58. The van der Waals surface area contributed by atoms with Crippen LogP contribution in [0.3, 0.4) is 0 Å². The van der Waals surface area contributed by atoms with E-state index in [1.54, 1.807) is 11.3 Å². The first kappa shape index (κ1) is 26.7. The quantitative estimate of drug-likeness (QED) is 0.167. The Hall–Kier alpha value is -3.87. The van der Waals surface area contributed by atoms with Gasteiger partial charge >= 0.3 is 0 Å². The topological polar surface area (TPSA) is 55.4 Å². The molecular formula is C33H35N3O2S. The first-order valence-corrected chi connectivity index (χ1v) is 14.5. The molecule has 6 heteroatoms. The maximum atomic E-state index is 5.88. The number of anilines is 2. The fraction of sp³-hybridized carbons (Fsp3) is 0.242. The lowest BCUT2D eigenvalue weighted by molar-refractivity contribution is 0.288. The number of nitrogens with zero attached hydrogens (tertiary/aromatic N) is 1. The van der Waals surface area contributed by atoms with Gasteiger partial charge in [0.05, 0.1) is 18.7 Å². The van der Waals surface area contributed by atoms with Crippen molar-refractivity contribution in [2.24, 2.45) is 0 Å². The molecule has 5 aromatic rings. The average Bonchev–Trinajstić information content (AvgIpc) is 3.50. The molecule has 3 aromatic carbocycles. The Morgan fingerprint density at radius 1 is 0.795 bits per heavy atom. The van der Waals surface area contributed by atoms with Crippen LogP contribution in [0.25, 0.3) is 21.3 Å². The monoisotopic (exact) mass is 537 g/mol. The molecule has 5 nitrogen and oxygen atoms in total.